The van der Waals surface area contributed by atoms with Gasteiger partial charge in [-0.25, -0.2) is 4.98 Å². The van der Waals surface area contributed by atoms with Crippen molar-refractivity contribution in [2.24, 2.45) is 10.7 Å². The second kappa shape index (κ2) is 6.66. The molecular formula is C16H16ClN5O3. The summed E-state index contributed by atoms with van der Waals surface area (Å²) in [7, 11) is 4.56. The average molecular weight is 362 g/mol. The van der Waals surface area contributed by atoms with Crippen LogP contribution in [0.3, 0.4) is 0 Å². The van der Waals surface area contributed by atoms with Crippen LogP contribution < -0.4 is 20.1 Å². The van der Waals surface area contributed by atoms with Crippen LogP contribution in [0.1, 0.15) is 11.1 Å². The first kappa shape index (κ1) is 17.1. The topological polar surface area (TPSA) is 103 Å². The molecule has 0 radical (unpaired) electrons. The lowest BCUT2D eigenvalue weighted by Gasteiger charge is -2.19. The van der Waals surface area contributed by atoms with E-state index in [1.165, 1.54) is 25.3 Å². The van der Waals surface area contributed by atoms with Crippen LogP contribution in [0.15, 0.2) is 29.4 Å². The first-order chi connectivity index (χ1) is 12.0. The molecule has 1 aliphatic rings. The van der Waals surface area contributed by atoms with Gasteiger partial charge < -0.3 is 20.1 Å². The molecule has 0 aliphatic carbocycles. The number of carbonyl (C=O) groups excluding carboxylic acids is 1. The SMILES string of the molecule is COc1ncc(C2=NC(N)C(=O)N(C)c3ccc(Cl)cc32)c(OC)n1. The van der Waals surface area contributed by atoms with Gasteiger partial charge in [0.25, 0.3) is 5.91 Å². The summed E-state index contributed by atoms with van der Waals surface area (Å²) >= 11 is 6.15. The monoisotopic (exact) mass is 361 g/mol. The van der Waals surface area contributed by atoms with Crippen LogP contribution in [-0.2, 0) is 4.79 Å². The first-order valence-electron chi connectivity index (χ1n) is 7.32. The van der Waals surface area contributed by atoms with Gasteiger partial charge in [0.05, 0.1) is 31.2 Å². The summed E-state index contributed by atoms with van der Waals surface area (Å²) in [6.45, 7) is 0. The van der Waals surface area contributed by atoms with E-state index in [2.05, 4.69) is 15.0 Å². The van der Waals surface area contributed by atoms with E-state index in [1.807, 2.05) is 0 Å². The number of benzodiazepines with no additional fused rings is 1. The van der Waals surface area contributed by atoms with Crippen LogP contribution >= 0.6 is 11.6 Å². The van der Waals surface area contributed by atoms with Crippen molar-refractivity contribution < 1.29 is 14.3 Å². The van der Waals surface area contributed by atoms with Gasteiger partial charge in [-0.3, -0.25) is 9.79 Å². The molecule has 0 bridgehead atoms. The van der Waals surface area contributed by atoms with Gasteiger partial charge in [-0.05, 0) is 18.2 Å². The smallest absolute Gasteiger partial charge is 0.319 e. The summed E-state index contributed by atoms with van der Waals surface area (Å²) in [4.78, 5) is 26.5. The summed E-state index contributed by atoms with van der Waals surface area (Å²) in [6.07, 6.45) is 0.439. The number of benzene rings is 1. The van der Waals surface area contributed by atoms with E-state index in [-0.39, 0.29) is 17.8 Å². The van der Waals surface area contributed by atoms with Crippen LogP contribution in [0.2, 0.25) is 5.02 Å². The molecular weight excluding hydrogens is 346 g/mol. The van der Waals surface area contributed by atoms with Gasteiger partial charge in [-0.2, -0.15) is 4.98 Å². The molecule has 1 aromatic heterocycles. The molecule has 1 aliphatic heterocycles. The Morgan fingerprint density at radius 1 is 1.24 bits per heavy atom. The number of fused-ring (bicyclic) bond motifs is 1. The van der Waals surface area contributed by atoms with Gasteiger partial charge in [0.1, 0.15) is 0 Å². The Bertz CT molecular complexity index is 871. The fourth-order valence-electron chi connectivity index (χ4n) is 2.55. The zero-order chi connectivity index (χ0) is 18.1. The maximum Gasteiger partial charge on any atom is 0.319 e. The summed E-state index contributed by atoms with van der Waals surface area (Å²) in [5.74, 6) is -0.0901. The fraction of sp³-hybridized carbons (Fsp3) is 0.250. The number of methoxy groups -OCH3 is 2. The van der Waals surface area contributed by atoms with Crippen LogP contribution in [0, 0.1) is 0 Å². The molecule has 1 unspecified atom stereocenters. The molecule has 1 aromatic carbocycles. The lowest BCUT2D eigenvalue weighted by molar-refractivity contribution is -0.119. The van der Waals surface area contributed by atoms with Gasteiger partial charge in [0.2, 0.25) is 5.88 Å². The van der Waals surface area contributed by atoms with Gasteiger partial charge in [-0.1, -0.05) is 11.6 Å². The molecule has 0 saturated heterocycles. The largest absolute Gasteiger partial charge is 0.480 e. The number of carbonyl (C=O) groups is 1. The Morgan fingerprint density at radius 2 is 2.00 bits per heavy atom. The number of nitrogens with two attached hydrogens (primary N) is 1. The number of likely N-dealkylation sites (N-methyl/N-ethyl adjacent to an activating group) is 1. The maximum atomic E-state index is 12.4. The second-order valence-electron chi connectivity index (χ2n) is 5.26. The molecule has 8 nitrogen and oxygen atoms in total. The number of hydrogen-bond donors (Lipinski definition) is 1. The molecule has 25 heavy (non-hydrogen) atoms. The molecule has 0 fully saturated rings. The third kappa shape index (κ3) is 3.01. The van der Waals surface area contributed by atoms with Gasteiger partial charge in [-0.15, -0.1) is 0 Å². The first-order valence-corrected chi connectivity index (χ1v) is 7.70. The molecule has 0 spiro atoms. The van der Waals surface area contributed by atoms with Crippen molar-refractivity contribution in [1.82, 2.24) is 9.97 Å². The number of aromatic nitrogens is 2. The predicted molar refractivity (Wildman–Crippen MR) is 93.6 cm³/mol. The summed E-state index contributed by atoms with van der Waals surface area (Å²) < 4.78 is 10.3. The normalized spacial score (nSPS) is 16.8. The lowest BCUT2D eigenvalue weighted by Crippen LogP contribution is -2.39. The Hall–Kier alpha value is -2.71. The molecule has 3 rings (SSSR count). The lowest BCUT2D eigenvalue weighted by atomic mass is 10.0. The van der Waals surface area contributed by atoms with Crippen molar-refractivity contribution in [2.75, 3.05) is 26.2 Å². The number of ether oxygens (including phenoxy) is 2. The summed E-state index contributed by atoms with van der Waals surface area (Å²) in [6, 6.07) is 5.29. The summed E-state index contributed by atoms with van der Waals surface area (Å²) in [5, 5.41) is 0.496. The van der Waals surface area contributed by atoms with E-state index >= 15 is 0 Å². The number of halogens is 1. The molecule has 9 heteroatoms. The van der Waals surface area contributed by atoms with Crippen LogP contribution in [0.4, 0.5) is 5.69 Å². The number of amides is 1. The van der Waals surface area contributed by atoms with E-state index in [1.54, 1.807) is 25.2 Å². The Kier molecular flexibility index (Phi) is 4.56. The van der Waals surface area contributed by atoms with Gasteiger partial charge in [0, 0.05) is 23.8 Å². The molecule has 2 heterocycles. The fourth-order valence-corrected chi connectivity index (χ4v) is 2.73. The van der Waals surface area contributed by atoms with Gasteiger partial charge in [0.15, 0.2) is 6.17 Å². The van der Waals surface area contributed by atoms with E-state index in [0.29, 0.717) is 27.5 Å². The Morgan fingerprint density at radius 3 is 2.68 bits per heavy atom. The van der Waals surface area contributed by atoms with Crippen molar-refractivity contribution >= 4 is 28.9 Å². The highest BCUT2D eigenvalue weighted by molar-refractivity contribution is 6.32. The maximum absolute atomic E-state index is 12.4. The van der Waals surface area contributed by atoms with Crippen molar-refractivity contribution in [2.45, 2.75) is 6.17 Å². The molecule has 0 saturated carbocycles. The van der Waals surface area contributed by atoms with Crippen LogP contribution in [0.5, 0.6) is 11.9 Å². The van der Waals surface area contributed by atoms with Crippen molar-refractivity contribution in [3.63, 3.8) is 0 Å². The summed E-state index contributed by atoms with van der Waals surface area (Å²) in [5.41, 5.74) is 8.09. The quantitative estimate of drug-likeness (QED) is 0.882. The third-order valence-electron chi connectivity index (χ3n) is 3.79. The minimum Gasteiger partial charge on any atom is -0.480 e. The van der Waals surface area contributed by atoms with Crippen molar-refractivity contribution in [1.29, 1.82) is 0 Å². The number of aliphatic imine (C=N–C) groups is 1. The number of rotatable bonds is 3. The zero-order valence-electron chi connectivity index (χ0n) is 13.9. The predicted octanol–water partition coefficient (Wildman–Crippen LogP) is 1.25. The molecule has 2 N–H and O–H groups in total. The van der Waals surface area contributed by atoms with Crippen molar-refractivity contribution in [3.8, 4) is 11.9 Å². The van der Waals surface area contributed by atoms with E-state index < -0.39 is 6.17 Å². The number of hydrogen-bond acceptors (Lipinski definition) is 7. The standard InChI is InChI=1S/C16H16ClN5O3/c1-22-11-5-4-8(17)6-9(11)12(20-13(18)15(22)23)10-7-19-16(25-3)21-14(10)24-2/h4-7,13H,18H2,1-3H3. The highest BCUT2D eigenvalue weighted by atomic mass is 35.5. The third-order valence-corrected chi connectivity index (χ3v) is 4.02. The van der Waals surface area contributed by atoms with E-state index in [0.717, 1.165) is 0 Å². The highest BCUT2D eigenvalue weighted by Gasteiger charge is 2.29. The number of nitrogens with zero attached hydrogens (tertiary/aromatic N) is 4. The molecule has 1 atom stereocenters. The van der Waals surface area contributed by atoms with Gasteiger partial charge >= 0.3 is 6.01 Å². The molecule has 130 valence electrons. The zero-order valence-corrected chi connectivity index (χ0v) is 14.6. The average Bonchev–Trinajstić information content (AvgIpc) is 2.71. The van der Waals surface area contributed by atoms with E-state index in [4.69, 9.17) is 26.8 Å². The minimum absolute atomic E-state index is 0.152. The minimum atomic E-state index is -1.07. The van der Waals surface area contributed by atoms with Crippen molar-refractivity contribution in [3.05, 3.63) is 40.5 Å². The Balaban J connectivity index is 2.27. The molecule has 1 amide bonds. The molecule has 2 aromatic rings. The highest BCUT2D eigenvalue weighted by Crippen LogP contribution is 2.31. The number of anilines is 1. The Labute approximate surface area is 149 Å². The van der Waals surface area contributed by atoms with Crippen LogP contribution in [0.25, 0.3) is 0 Å². The van der Waals surface area contributed by atoms with E-state index in [9.17, 15) is 4.79 Å². The second-order valence-corrected chi connectivity index (χ2v) is 5.70. The van der Waals surface area contributed by atoms with Crippen LogP contribution in [-0.4, -0.2) is 49.0 Å².